The number of rotatable bonds is 5. The summed E-state index contributed by atoms with van der Waals surface area (Å²) in [6, 6.07) is 13.9. The fraction of sp³-hybridized carbons (Fsp3) is 0.304. The van der Waals surface area contributed by atoms with E-state index < -0.39 is 5.60 Å². The summed E-state index contributed by atoms with van der Waals surface area (Å²) in [5.74, 6) is 1.24. The third-order valence-electron chi connectivity index (χ3n) is 4.69. The topological polar surface area (TPSA) is 38.7 Å². The van der Waals surface area contributed by atoms with Crippen molar-refractivity contribution < 1.29 is 14.6 Å². The van der Waals surface area contributed by atoms with Gasteiger partial charge in [0.1, 0.15) is 12.2 Å². The number of ether oxygens (including phenoxy) is 2. The summed E-state index contributed by atoms with van der Waals surface area (Å²) >= 11 is 0. The first kappa shape index (κ1) is 18.3. The van der Waals surface area contributed by atoms with E-state index in [1.165, 1.54) is 0 Å². The fourth-order valence-electron chi connectivity index (χ4n) is 3.75. The van der Waals surface area contributed by atoms with E-state index in [1.54, 1.807) is 7.11 Å². The molecule has 0 spiro atoms. The van der Waals surface area contributed by atoms with Crippen LogP contribution in [-0.4, -0.2) is 12.2 Å². The molecule has 26 heavy (non-hydrogen) atoms. The Morgan fingerprint density at radius 1 is 1.04 bits per heavy atom. The van der Waals surface area contributed by atoms with Crippen LogP contribution in [0.5, 0.6) is 11.5 Å². The third-order valence-corrected chi connectivity index (χ3v) is 4.69. The molecule has 1 N–H and O–H groups in total. The summed E-state index contributed by atoms with van der Waals surface area (Å²) < 4.78 is 11.7. The maximum absolute atomic E-state index is 11.4. The molecule has 0 aromatic heterocycles. The van der Waals surface area contributed by atoms with Gasteiger partial charge in [0.05, 0.1) is 7.11 Å². The molecule has 1 aliphatic carbocycles. The SMILES string of the molecule is COc1c(OCc2ccccc2)ccc(C)c1C1(O)C=C(C)C=C(C)C1. The lowest BCUT2D eigenvalue weighted by atomic mass is 9.79. The maximum atomic E-state index is 11.4. The second-order valence-electron chi connectivity index (χ2n) is 7.04. The summed E-state index contributed by atoms with van der Waals surface area (Å²) in [7, 11) is 1.62. The highest BCUT2D eigenvalue weighted by Crippen LogP contribution is 2.45. The van der Waals surface area contributed by atoms with Gasteiger partial charge in [0.2, 0.25) is 0 Å². The third kappa shape index (κ3) is 3.68. The van der Waals surface area contributed by atoms with E-state index in [2.05, 4.69) is 6.08 Å². The maximum Gasteiger partial charge on any atom is 0.167 e. The Morgan fingerprint density at radius 2 is 1.77 bits per heavy atom. The molecular weight excluding hydrogens is 324 g/mol. The smallest absolute Gasteiger partial charge is 0.167 e. The average molecular weight is 350 g/mol. The van der Waals surface area contributed by atoms with Crippen molar-refractivity contribution in [1.29, 1.82) is 0 Å². The standard InChI is InChI=1S/C23H26O3/c1-16-12-17(2)14-23(24,13-16)21-18(3)10-11-20(22(21)25-4)26-15-19-8-6-5-7-9-19/h5-13,24H,14-15H2,1-4H3. The first-order chi connectivity index (χ1) is 12.4. The first-order valence-electron chi connectivity index (χ1n) is 8.87. The summed E-state index contributed by atoms with van der Waals surface area (Å²) in [6.07, 6.45) is 4.56. The van der Waals surface area contributed by atoms with Crippen LogP contribution in [0.3, 0.4) is 0 Å². The molecule has 1 atom stereocenters. The van der Waals surface area contributed by atoms with Gasteiger partial charge in [-0.05, 0) is 44.0 Å². The monoisotopic (exact) mass is 350 g/mol. The first-order valence-corrected chi connectivity index (χ1v) is 8.87. The Bertz CT molecular complexity index is 849. The summed E-state index contributed by atoms with van der Waals surface area (Å²) in [5.41, 5.74) is 3.94. The fourth-order valence-corrected chi connectivity index (χ4v) is 3.75. The van der Waals surface area contributed by atoms with Crippen molar-refractivity contribution in [3.05, 3.63) is 82.5 Å². The van der Waals surface area contributed by atoms with Crippen molar-refractivity contribution in [2.75, 3.05) is 7.11 Å². The number of aliphatic hydroxyl groups is 1. The van der Waals surface area contributed by atoms with Gasteiger partial charge in [-0.3, -0.25) is 0 Å². The van der Waals surface area contributed by atoms with E-state index >= 15 is 0 Å². The Hall–Kier alpha value is -2.52. The summed E-state index contributed by atoms with van der Waals surface area (Å²) in [5, 5.41) is 11.4. The molecule has 0 aliphatic heterocycles. The zero-order chi connectivity index (χ0) is 18.7. The molecule has 0 saturated heterocycles. The van der Waals surface area contributed by atoms with Crippen molar-refractivity contribution in [3.63, 3.8) is 0 Å². The molecule has 3 rings (SSSR count). The van der Waals surface area contributed by atoms with E-state index in [1.807, 2.05) is 69.3 Å². The molecule has 0 heterocycles. The van der Waals surface area contributed by atoms with Gasteiger partial charge in [-0.15, -0.1) is 0 Å². The Morgan fingerprint density at radius 3 is 2.42 bits per heavy atom. The van der Waals surface area contributed by atoms with Crippen molar-refractivity contribution >= 4 is 0 Å². The van der Waals surface area contributed by atoms with Gasteiger partial charge in [-0.1, -0.05) is 53.6 Å². The van der Waals surface area contributed by atoms with Gasteiger partial charge >= 0.3 is 0 Å². The number of hydrogen-bond donors (Lipinski definition) is 1. The minimum Gasteiger partial charge on any atom is -0.492 e. The second kappa shape index (κ2) is 7.38. The van der Waals surface area contributed by atoms with Gasteiger partial charge in [-0.25, -0.2) is 0 Å². The van der Waals surface area contributed by atoms with Gasteiger partial charge < -0.3 is 14.6 Å². The highest BCUT2D eigenvalue weighted by atomic mass is 16.5. The summed E-state index contributed by atoms with van der Waals surface area (Å²) in [6.45, 7) is 6.49. The average Bonchev–Trinajstić information content (AvgIpc) is 2.59. The van der Waals surface area contributed by atoms with Gasteiger partial charge in [-0.2, -0.15) is 0 Å². The zero-order valence-corrected chi connectivity index (χ0v) is 15.9. The number of allylic oxidation sites excluding steroid dienone is 2. The molecule has 2 aromatic carbocycles. The van der Waals surface area contributed by atoms with E-state index in [9.17, 15) is 5.11 Å². The van der Waals surface area contributed by atoms with Gasteiger partial charge in [0.25, 0.3) is 0 Å². The molecule has 3 nitrogen and oxygen atoms in total. The van der Waals surface area contributed by atoms with E-state index in [0.29, 0.717) is 24.5 Å². The quantitative estimate of drug-likeness (QED) is 0.818. The van der Waals surface area contributed by atoms with Crippen LogP contribution in [-0.2, 0) is 12.2 Å². The molecule has 1 aliphatic rings. The minimum absolute atomic E-state index is 0.450. The van der Waals surface area contributed by atoms with E-state index in [-0.39, 0.29) is 0 Å². The molecular formula is C23H26O3. The van der Waals surface area contributed by atoms with Gasteiger partial charge in [0.15, 0.2) is 11.5 Å². The molecule has 2 aromatic rings. The minimum atomic E-state index is -1.09. The molecule has 0 saturated carbocycles. The van der Waals surface area contributed by atoms with Crippen LogP contribution >= 0.6 is 0 Å². The molecule has 0 amide bonds. The molecule has 0 radical (unpaired) electrons. The van der Waals surface area contributed by atoms with E-state index in [4.69, 9.17) is 9.47 Å². The van der Waals surface area contributed by atoms with Crippen LogP contribution < -0.4 is 9.47 Å². The van der Waals surface area contributed by atoms with Gasteiger partial charge in [0, 0.05) is 12.0 Å². The number of aryl methyl sites for hydroxylation is 1. The molecule has 0 fully saturated rings. The predicted octanol–water partition coefficient (Wildman–Crippen LogP) is 5.07. The lowest BCUT2D eigenvalue weighted by molar-refractivity contribution is 0.0830. The van der Waals surface area contributed by atoms with Crippen molar-refractivity contribution in [1.82, 2.24) is 0 Å². The van der Waals surface area contributed by atoms with Crippen LogP contribution in [0.4, 0.5) is 0 Å². The van der Waals surface area contributed by atoms with Crippen LogP contribution in [0.25, 0.3) is 0 Å². The predicted molar refractivity (Wildman–Crippen MR) is 105 cm³/mol. The zero-order valence-electron chi connectivity index (χ0n) is 15.9. The van der Waals surface area contributed by atoms with Crippen LogP contribution in [0.2, 0.25) is 0 Å². The van der Waals surface area contributed by atoms with E-state index in [0.717, 1.165) is 27.8 Å². The van der Waals surface area contributed by atoms with Crippen molar-refractivity contribution in [3.8, 4) is 11.5 Å². The largest absolute Gasteiger partial charge is 0.492 e. The Kier molecular flexibility index (Phi) is 5.19. The van der Waals surface area contributed by atoms with Crippen LogP contribution in [0.15, 0.2) is 65.8 Å². The van der Waals surface area contributed by atoms with Crippen LogP contribution in [0.1, 0.15) is 37.0 Å². The number of benzene rings is 2. The summed E-state index contributed by atoms with van der Waals surface area (Å²) in [4.78, 5) is 0. The Labute approximate surface area is 155 Å². The molecule has 1 unspecified atom stereocenters. The normalized spacial score (nSPS) is 19.6. The van der Waals surface area contributed by atoms with Crippen molar-refractivity contribution in [2.24, 2.45) is 0 Å². The van der Waals surface area contributed by atoms with Crippen molar-refractivity contribution in [2.45, 2.75) is 39.4 Å². The highest BCUT2D eigenvalue weighted by Gasteiger charge is 2.35. The lowest BCUT2D eigenvalue weighted by Crippen LogP contribution is -2.28. The highest BCUT2D eigenvalue weighted by molar-refractivity contribution is 5.56. The molecule has 3 heteroatoms. The second-order valence-corrected chi connectivity index (χ2v) is 7.04. The van der Waals surface area contributed by atoms with Crippen LogP contribution in [0, 0.1) is 6.92 Å². The number of methoxy groups -OCH3 is 1. The Balaban J connectivity index is 1.99. The molecule has 136 valence electrons. The lowest BCUT2D eigenvalue weighted by Gasteiger charge is -2.32. The number of hydrogen-bond acceptors (Lipinski definition) is 3. The molecule has 0 bridgehead atoms.